The monoisotopic (exact) mass is 396 g/mol. The number of carbonyl (C=O) groups excluding carboxylic acids is 1. The van der Waals surface area contributed by atoms with Gasteiger partial charge >= 0.3 is 0 Å². The predicted molar refractivity (Wildman–Crippen MR) is 108 cm³/mol. The first-order chi connectivity index (χ1) is 13.4. The second-order valence-electron chi connectivity index (χ2n) is 7.87. The van der Waals surface area contributed by atoms with Gasteiger partial charge < -0.3 is 9.53 Å². The second-order valence-corrected chi connectivity index (χ2v) is 8.90. The number of halogens is 1. The molecular weight excluding hydrogens is 375 g/mol. The van der Waals surface area contributed by atoms with Gasteiger partial charge in [0.2, 0.25) is 0 Å². The highest BCUT2D eigenvalue weighted by molar-refractivity contribution is 7.18. The van der Waals surface area contributed by atoms with Crippen LogP contribution in [-0.4, -0.2) is 23.4 Å². The molecule has 4 nitrogen and oxygen atoms in total. The van der Waals surface area contributed by atoms with Crippen LogP contribution >= 0.6 is 11.3 Å². The van der Waals surface area contributed by atoms with Crippen LogP contribution < -0.4 is 4.74 Å². The molecule has 0 bridgehead atoms. The quantitative estimate of drug-likeness (QED) is 0.564. The van der Waals surface area contributed by atoms with Crippen molar-refractivity contribution in [2.45, 2.75) is 32.6 Å². The number of thiazole rings is 1. The number of hydrogen-bond donors (Lipinski definition) is 0. The topological polar surface area (TPSA) is 52.1 Å². The predicted octanol–water partition coefficient (Wildman–Crippen LogP) is 5.27. The first-order valence-electron chi connectivity index (χ1n) is 9.16. The van der Waals surface area contributed by atoms with Gasteiger partial charge in [-0.1, -0.05) is 26.0 Å². The summed E-state index contributed by atoms with van der Waals surface area (Å²) in [6.07, 6.45) is 4.41. The zero-order valence-corrected chi connectivity index (χ0v) is 16.8. The molecule has 1 atom stereocenters. The number of benzene rings is 1. The molecule has 1 aliphatic rings. The Kier molecular flexibility index (Phi) is 4.75. The number of carbonyl (C=O) groups is 1. The lowest BCUT2D eigenvalue weighted by molar-refractivity contribution is -0.109. The van der Waals surface area contributed by atoms with Crippen molar-refractivity contribution < 1.29 is 13.9 Å². The molecule has 144 valence electrons. The van der Waals surface area contributed by atoms with Gasteiger partial charge in [-0.15, -0.1) is 11.3 Å². The number of pyridine rings is 1. The summed E-state index contributed by atoms with van der Waals surface area (Å²) < 4.78 is 19.2. The Bertz CT molecular complexity index is 1040. The summed E-state index contributed by atoms with van der Waals surface area (Å²) >= 11 is 1.44. The van der Waals surface area contributed by atoms with Crippen LogP contribution in [-0.2, 0) is 11.2 Å². The van der Waals surface area contributed by atoms with Gasteiger partial charge in [-0.05, 0) is 42.0 Å². The van der Waals surface area contributed by atoms with E-state index in [4.69, 9.17) is 9.72 Å². The van der Waals surface area contributed by atoms with E-state index in [0.717, 1.165) is 46.0 Å². The first-order valence-corrected chi connectivity index (χ1v) is 9.98. The summed E-state index contributed by atoms with van der Waals surface area (Å²) in [5.74, 6) is -0.292. The van der Waals surface area contributed by atoms with E-state index in [1.807, 2.05) is 18.2 Å². The maximum Gasteiger partial charge on any atom is 0.165 e. The number of aldehydes is 1. The summed E-state index contributed by atoms with van der Waals surface area (Å²) in [5, 5.41) is 0.759. The highest BCUT2D eigenvalue weighted by atomic mass is 32.1. The molecule has 0 fully saturated rings. The molecule has 0 saturated carbocycles. The fraction of sp³-hybridized carbons (Fsp3) is 0.318. The van der Waals surface area contributed by atoms with Crippen molar-refractivity contribution in [1.29, 1.82) is 0 Å². The lowest BCUT2D eigenvalue weighted by atomic mass is 9.71. The van der Waals surface area contributed by atoms with Crippen LogP contribution in [0.15, 0.2) is 36.5 Å². The number of hydrogen-bond acceptors (Lipinski definition) is 5. The summed E-state index contributed by atoms with van der Waals surface area (Å²) in [7, 11) is 1.46. The minimum atomic E-state index is -0.399. The molecule has 0 radical (unpaired) electrons. The molecule has 1 unspecified atom stereocenters. The normalized spacial score (nSPS) is 17.8. The third-order valence-corrected chi connectivity index (χ3v) is 6.21. The van der Waals surface area contributed by atoms with Gasteiger partial charge in [0.05, 0.1) is 17.7 Å². The van der Waals surface area contributed by atoms with Crippen molar-refractivity contribution in [2.24, 2.45) is 5.41 Å². The standard InChI is InChI=1S/C22H21FN2O2S/c1-22(2)9-13(12-26)14-7-8-17(25-18(14)10-22)21-24-11-19(28-21)15-5-4-6-16(23)20(15)27-3/h4-8,11-13H,9-10H2,1-3H3. The minimum Gasteiger partial charge on any atom is -0.493 e. The molecule has 6 heteroatoms. The zero-order chi connectivity index (χ0) is 19.9. The van der Waals surface area contributed by atoms with Crippen LogP contribution in [0.1, 0.15) is 37.4 Å². The molecule has 2 aromatic heterocycles. The SMILES string of the molecule is COc1c(F)cccc1-c1cnc(-c2ccc3c(n2)CC(C)(C)CC3C=O)s1. The van der Waals surface area contributed by atoms with E-state index in [1.165, 1.54) is 24.5 Å². The van der Waals surface area contributed by atoms with Crippen molar-refractivity contribution in [1.82, 2.24) is 9.97 Å². The molecule has 3 aromatic rings. The Labute approximate surface area is 167 Å². The maximum absolute atomic E-state index is 14.0. The molecule has 1 aliphatic carbocycles. The number of methoxy groups -OCH3 is 1. The van der Waals surface area contributed by atoms with E-state index < -0.39 is 5.82 Å². The lowest BCUT2D eigenvalue weighted by Crippen LogP contribution is -2.27. The van der Waals surface area contributed by atoms with E-state index in [2.05, 4.69) is 18.8 Å². The molecule has 0 spiro atoms. The molecule has 4 rings (SSSR count). The minimum absolute atomic E-state index is 0.0349. The Balaban J connectivity index is 1.73. The molecule has 2 heterocycles. The summed E-state index contributed by atoms with van der Waals surface area (Å²) in [6, 6.07) is 8.76. The van der Waals surface area contributed by atoms with Crippen molar-refractivity contribution in [3.8, 4) is 26.9 Å². The number of aromatic nitrogens is 2. The van der Waals surface area contributed by atoms with Gasteiger partial charge in [0, 0.05) is 23.4 Å². The van der Waals surface area contributed by atoms with Crippen molar-refractivity contribution in [2.75, 3.05) is 7.11 Å². The molecule has 0 amide bonds. The maximum atomic E-state index is 14.0. The number of ether oxygens (including phenoxy) is 1. The number of fused-ring (bicyclic) bond motifs is 1. The van der Waals surface area contributed by atoms with Gasteiger partial charge in [-0.25, -0.2) is 14.4 Å². The van der Waals surface area contributed by atoms with Crippen molar-refractivity contribution in [3.05, 3.63) is 53.6 Å². The van der Waals surface area contributed by atoms with E-state index in [1.54, 1.807) is 12.3 Å². The zero-order valence-electron chi connectivity index (χ0n) is 16.0. The van der Waals surface area contributed by atoms with Gasteiger partial charge in [-0.2, -0.15) is 0 Å². The van der Waals surface area contributed by atoms with Crippen LogP contribution in [0, 0.1) is 11.2 Å². The van der Waals surface area contributed by atoms with Gasteiger partial charge in [0.25, 0.3) is 0 Å². The first kappa shape index (κ1) is 18.7. The average molecular weight is 396 g/mol. The smallest absolute Gasteiger partial charge is 0.165 e. The third kappa shape index (κ3) is 3.33. The molecule has 0 saturated heterocycles. The van der Waals surface area contributed by atoms with Crippen LogP contribution in [0.5, 0.6) is 5.75 Å². The van der Waals surface area contributed by atoms with E-state index in [0.29, 0.717) is 5.56 Å². The van der Waals surface area contributed by atoms with Crippen molar-refractivity contribution >= 4 is 17.6 Å². The van der Waals surface area contributed by atoms with Crippen molar-refractivity contribution in [3.63, 3.8) is 0 Å². The molecular formula is C22H21FN2O2S. The van der Waals surface area contributed by atoms with Crippen LogP contribution in [0.4, 0.5) is 4.39 Å². The van der Waals surface area contributed by atoms with Gasteiger partial charge in [-0.3, -0.25) is 0 Å². The summed E-state index contributed by atoms with van der Waals surface area (Å²) in [4.78, 5) is 21.7. The molecule has 1 aromatic carbocycles. The van der Waals surface area contributed by atoms with E-state index in [9.17, 15) is 9.18 Å². The lowest BCUT2D eigenvalue weighted by Gasteiger charge is -2.34. The highest BCUT2D eigenvalue weighted by Crippen LogP contribution is 2.42. The molecule has 28 heavy (non-hydrogen) atoms. The van der Waals surface area contributed by atoms with Crippen LogP contribution in [0.25, 0.3) is 21.1 Å². The molecule has 0 aliphatic heterocycles. The third-order valence-electron chi connectivity index (χ3n) is 5.15. The average Bonchev–Trinajstić information content (AvgIpc) is 3.15. The Morgan fingerprint density at radius 2 is 2.11 bits per heavy atom. The molecule has 0 N–H and O–H groups in total. The van der Waals surface area contributed by atoms with Crippen LogP contribution in [0.3, 0.4) is 0 Å². The van der Waals surface area contributed by atoms with E-state index in [-0.39, 0.29) is 17.1 Å². The second kappa shape index (κ2) is 7.09. The summed E-state index contributed by atoms with van der Waals surface area (Å²) in [5.41, 5.74) is 3.46. The summed E-state index contributed by atoms with van der Waals surface area (Å²) in [6.45, 7) is 4.33. The van der Waals surface area contributed by atoms with E-state index >= 15 is 0 Å². The van der Waals surface area contributed by atoms with Gasteiger partial charge in [0.1, 0.15) is 11.3 Å². The Morgan fingerprint density at radius 1 is 1.29 bits per heavy atom. The number of nitrogens with zero attached hydrogens (tertiary/aromatic N) is 2. The largest absolute Gasteiger partial charge is 0.493 e. The number of rotatable bonds is 4. The highest BCUT2D eigenvalue weighted by Gasteiger charge is 2.33. The fourth-order valence-corrected chi connectivity index (χ4v) is 4.80. The van der Waals surface area contributed by atoms with Crippen LogP contribution in [0.2, 0.25) is 0 Å². The Hall–Kier alpha value is -2.60. The number of para-hydroxylation sites is 1. The Morgan fingerprint density at radius 3 is 2.86 bits per heavy atom. The fourth-order valence-electron chi connectivity index (χ4n) is 3.89. The van der Waals surface area contributed by atoms with Gasteiger partial charge in [0.15, 0.2) is 11.6 Å².